The summed E-state index contributed by atoms with van der Waals surface area (Å²) in [6.45, 7) is 2.25. The van der Waals surface area contributed by atoms with Crippen LogP contribution >= 0.6 is 0 Å². The lowest BCUT2D eigenvalue weighted by molar-refractivity contribution is -0.126. The summed E-state index contributed by atoms with van der Waals surface area (Å²) in [5, 5.41) is 2.95. The minimum atomic E-state index is -0.370. The maximum Gasteiger partial charge on any atom is 0.227 e. The summed E-state index contributed by atoms with van der Waals surface area (Å²) >= 11 is 0. The molecule has 130 valence electrons. The maximum atomic E-state index is 12.5. The van der Waals surface area contributed by atoms with Gasteiger partial charge in [-0.05, 0) is 31.2 Å². The number of nitrogens with one attached hydrogen (secondary N) is 1. The zero-order valence-electron chi connectivity index (χ0n) is 14.3. The van der Waals surface area contributed by atoms with E-state index in [0.717, 1.165) is 11.4 Å². The van der Waals surface area contributed by atoms with E-state index >= 15 is 0 Å². The molecule has 1 aromatic heterocycles. The molecule has 0 bridgehead atoms. The van der Waals surface area contributed by atoms with Crippen molar-refractivity contribution in [3.8, 4) is 5.75 Å². The molecule has 6 nitrogen and oxygen atoms in total. The third-order valence-electron chi connectivity index (χ3n) is 4.35. The molecule has 1 fully saturated rings. The molecule has 0 aliphatic carbocycles. The summed E-state index contributed by atoms with van der Waals surface area (Å²) in [5.74, 6) is 0.127. The normalized spacial score (nSPS) is 18.1. The van der Waals surface area contributed by atoms with Gasteiger partial charge in [-0.1, -0.05) is 12.1 Å². The van der Waals surface area contributed by atoms with E-state index in [1.165, 1.54) is 0 Å². The first-order valence-electron chi connectivity index (χ1n) is 8.24. The van der Waals surface area contributed by atoms with Crippen LogP contribution in [0.1, 0.15) is 25.1 Å². The molecule has 1 aliphatic heterocycles. The second kappa shape index (κ2) is 7.34. The van der Waals surface area contributed by atoms with Crippen molar-refractivity contribution in [3.05, 3.63) is 54.4 Å². The number of carbonyl (C=O) groups is 2. The topological polar surface area (TPSA) is 71.5 Å². The van der Waals surface area contributed by atoms with Gasteiger partial charge in [-0.25, -0.2) is 0 Å². The number of aromatic nitrogens is 1. The van der Waals surface area contributed by atoms with Crippen molar-refractivity contribution in [2.45, 2.75) is 19.4 Å². The summed E-state index contributed by atoms with van der Waals surface area (Å²) in [4.78, 5) is 30.8. The number of amides is 2. The van der Waals surface area contributed by atoms with Gasteiger partial charge >= 0.3 is 0 Å². The van der Waals surface area contributed by atoms with Crippen LogP contribution in [0.2, 0.25) is 0 Å². The van der Waals surface area contributed by atoms with Crippen LogP contribution in [-0.4, -0.2) is 30.5 Å². The van der Waals surface area contributed by atoms with E-state index < -0.39 is 0 Å². The van der Waals surface area contributed by atoms with E-state index in [1.807, 2.05) is 43.3 Å². The Labute approximate surface area is 146 Å². The van der Waals surface area contributed by atoms with Gasteiger partial charge in [0.1, 0.15) is 5.75 Å². The van der Waals surface area contributed by atoms with E-state index in [1.54, 1.807) is 24.3 Å². The van der Waals surface area contributed by atoms with Crippen molar-refractivity contribution in [2.24, 2.45) is 5.92 Å². The lowest BCUT2D eigenvalue weighted by Gasteiger charge is -2.19. The highest BCUT2D eigenvalue weighted by molar-refractivity contribution is 6.00. The summed E-state index contributed by atoms with van der Waals surface area (Å²) in [6, 6.07) is 12.7. The number of hydrogen-bond donors (Lipinski definition) is 1. The number of rotatable bonds is 5. The first-order valence-corrected chi connectivity index (χ1v) is 8.24. The molecule has 1 aliphatic rings. The highest BCUT2D eigenvalue weighted by Gasteiger charge is 2.35. The van der Waals surface area contributed by atoms with Crippen LogP contribution in [0.15, 0.2) is 48.7 Å². The van der Waals surface area contributed by atoms with E-state index in [9.17, 15) is 9.59 Å². The van der Waals surface area contributed by atoms with Gasteiger partial charge in [-0.3, -0.25) is 14.6 Å². The van der Waals surface area contributed by atoms with E-state index in [2.05, 4.69) is 10.3 Å². The number of anilines is 1. The molecule has 0 spiro atoms. The van der Waals surface area contributed by atoms with E-state index in [4.69, 9.17) is 4.74 Å². The van der Waals surface area contributed by atoms with Crippen LogP contribution < -0.4 is 15.0 Å². The molecule has 2 amide bonds. The Balaban J connectivity index is 1.66. The molecule has 3 rings (SSSR count). The smallest absolute Gasteiger partial charge is 0.227 e. The molecule has 6 heteroatoms. The quantitative estimate of drug-likeness (QED) is 0.907. The number of nitrogens with zero attached hydrogens (tertiary/aromatic N) is 2. The average Bonchev–Trinajstić information content (AvgIpc) is 3.04. The summed E-state index contributed by atoms with van der Waals surface area (Å²) < 4.78 is 5.20. The van der Waals surface area contributed by atoms with E-state index in [-0.39, 0.29) is 30.2 Å². The monoisotopic (exact) mass is 339 g/mol. The van der Waals surface area contributed by atoms with Gasteiger partial charge in [0, 0.05) is 30.9 Å². The Morgan fingerprint density at radius 3 is 2.88 bits per heavy atom. The second-order valence-corrected chi connectivity index (χ2v) is 6.09. The first kappa shape index (κ1) is 17.0. The number of ether oxygens (including phenoxy) is 1. The largest absolute Gasteiger partial charge is 0.497 e. The van der Waals surface area contributed by atoms with Crippen molar-refractivity contribution in [1.82, 2.24) is 10.3 Å². The Bertz CT molecular complexity index is 764. The molecule has 1 aromatic carbocycles. The minimum Gasteiger partial charge on any atom is -0.497 e. The van der Waals surface area contributed by atoms with E-state index in [0.29, 0.717) is 12.3 Å². The van der Waals surface area contributed by atoms with Gasteiger partial charge in [0.25, 0.3) is 0 Å². The fraction of sp³-hybridized carbons (Fsp3) is 0.316. The maximum absolute atomic E-state index is 12.5. The molecule has 2 aromatic rings. The van der Waals surface area contributed by atoms with Crippen molar-refractivity contribution < 1.29 is 14.3 Å². The number of pyridine rings is 1. The summed E-state index contributed by atoms with van der Waals surface area (Å²) in [7, 11) is 1.58. The molecule has 0 unspecified atom stereocenters. The molecular weight excluding hydrogens is 318 g/mol. The van der Waals surface area contributed by atoms with Crippen molar-refractivity contribution in [3.63, 3.8) is 0 Å². The SMILES string of the molecule is COc1cccc(N2C[C@@H](C(=O)N[C@@H](C)c3ccccn3)CC2=O)c1. The highest BCUT2D eigenvalue weighted by atomic mass is 16.5. The van der Waals surface area contributed by atoms with Crippen LogP contribution in [0.3, 0.4) is 0 Å². The zero-order valence-corrected chi connectivity index (χ0v) is 14.3. The minimum absolute atomic E-state index is 0.0566. The third kappa shape index (κ3) is 3.79. The van der Waals surface area contributed by atoms with Gasteiger partial charge in [0.15, 0.2) is 0 Å². The van der Waals surface area contributed by atoms with Crippen LogP contribution in [0.5, 0.6) is 5.75 Å². The number of carbonyl (C=O) groups excluding carboxylic acids is 2. The molecular formula is C19H21N3O3. The number of hydrogen-bond acceptors (Lipinski definition) is 4. The molecule has 0 radical (unpaired) electrons. The molecule has 25 heavy (non-hydrogen) atoms. The zero-order chi connectivity index (χ0) is 17.8. The van der Waals surface area contributed by atoms with Crippen LogP contribution in [0, 0.1) is 5.92 Å². The third-order valence-corrected chi connectivity index (χ3v) is 4.35. The Hall–Kier alpha value is -2.89. The Kier molecular flexibility index (Phi) is 4.97. The molecule has 0 saturated carbocycles. The fourth-order valence-corrected chi connectivity index (χ4v) is 2.95. The van der Waals surface area contributed by atoms with Crippen molar-refractivity contribution in [1.29, 1.82) is 0 Å². The molecule has 2 atom stereocenters. The number of methoxy groups -OCH3 is 1. The molecule has 1 N–H and O–H groups in total. The predicted octanol–water partition coefficient (Wildman–Crippen LogP) is 2.32. The summed E-state index contributed by atoms with van der Waals surface area (Å²) in [6.07, 6.45) is 1.90. The lowest BCUT2D eigenvalue weighted by atomic mass is 10.1. The second-order valence-electron chi connectivity index (χ2n) is 6.09. The fourth-order valence-electron chi connectivity index (χ4n) is 2.95. The van der Waals surface area contributed by atoms with Gasteiger partial charge in [-0.2, -0.15) is 0 Å². The predicted molar refractivity (Wildman–Crippen MR) is 94.2 cm³/mol. The Morgan fingerprint density at radius 1 is 1.32 bits per heavy atom. The lowest BCUT2D eigenvalue weighted by Crippen LogP contribution is -2.34. The van der Waals surface area contributed by atoms with Crippen LogP contribution in [0.4, 0.5) is 5.69 Å². The Morgan fingerprint density at radius 2 is 2.16 bits per heavy atom. The van der Waals surface area contributed by atoms with Gasteiger partial charge in [0.2, 0.25) is 11.8 Å². The van der Waals surface area contributed by atoms with Gasteiger partial charge in [0.05, 0.1) is 24.8 Å². The molecule has 1 saturated heterocycles. The van der Waals surface area contributed by atoms with Gasteiger partial charge in [-0.15, -0.1) is 0 Å². The average molecular weight is 339 g/mol. The van der Waals surface area contributed by atoms with Crippen molar-refractivity contribution in [2.75, 3.05) is 18.6 Å². The highest BCUT2D eigenvalue weighted by Crippen LogP contribution is 2.28. The number of benzene rings is 1. The van der Waals surface area contributed by atoms with Crippen LogP contribution in [-0.2, 0) is 9.59 Å². The first-order chi connectivity index (χ1) is 12.1. The summed E-state index contributed by atoms with van der Waals surface area (Å²) in [5.41, 5.74) is 1.54. The van der Waals surface area contributed by atoms with Gasteiger partial charge < -0.3 is 15.0 Å². The van der Waals surface area contributed by atoms with Crippen LogP contribution in [0.25, 0.3) is 0 Å². The molecule has 2 heterocycles. The van der Waals surface area contributed by atoms with Crippen molar-refractivity contribution >= 4 is 17.5 Å². The standard InChI is InChI=1S/C19H21N3O3/c1-13(17-8-3-4-9-20-17)21-19(24)14-10-18(23)22(12-14)15-6-5-7-16(11-15)25-2/h3-9,11,13-14H,10,12H2,1-2H3,(H,21,24)/t13-,14-/m0/s1.